The summed E-state index contributed by atoms with van der Waals surface area (Å²) in [6.45, 7) is 2.96. The lowest BCUT2D eigenvalue weighted by Crippen LogP contribution is -2.48. The average Bonchev–Trinajstić information content (AvgIpc) is 2.96. The molecule has 0 atom stereocenters. The van der Waals surface area contributed by atoms with Crippen LogP contribution in [0, 0.1) is 17.8 Å². The van der Waals surface area contributed by atoms with Crippen LogP contribution in [0.4, 0.5) is 5.69 Å². The highest BCUT2D eigenvalue weighted by molar-refractivity contribution is 5.94. The highest BCUT2D eigenvalue weighted by Crippen LogP contribution is 2.62. The predicted octanol–water partition coefficient (Wildman–Crippen LogP) is 8.26. The van der Waals surface area contributed by atoms with Gasteiger partial charge in [-0.25, -0.2) is 9.59 Å². The first kappa shape index (κ1) is 29.5. The minimum absolute atomic E-state index is 0.0729. The van der Waals surface area contributed by atoms with Crippen molar-refractivity contribution in [3.63, 3.8) is 0 Å². The second-order valence-corrected chi connectivity index (χ2v) is 12.9. The van der Waals surface area contributed by atoms with Crippen LogP contribution >= 0.6 is 0 Å². The molecule has 0 radical (unpaired) electrons. The largest absolute Gasteiger partial charge is 0.493 e. The normalized spacial score (nSPS) is 24.3. The maximum Gasteiger partial charge on any atom is 0.343 e. The molecule has 6 nitrogen and oxygen atoms in total. The number of esters is 2. The van der Waals surface area contributed by atoms with E-state index in [1.807, 2.05) is 12.1 Å². The minimum atomic E-state index is -0.510. The minimum Gasteiger partial charge on any atom is -0.493 e. The van der Waals surface area contributed by atoms with Gasteiger partial charge in [-0.3, -0.25) is 0 Å². The van der Waals surface area contributed by atoms with Crippen molar-refractivity contribution in [3.05, 3.63) is 53.1 Å². The van der Waals surface area contributed by atoms with Crippen LogP contribution < -0.4 is 15.2 Å². The molecule has 2 N–H and O–H groups in total. The third-order valence-electron chi connectivity index (χ3n) is 9.72. The van der Waals surface area contributed by atoms with E-state index in [1.165, 1.54) is 102 Å². The Labute approximate surface area is 245 Å². The third kappa shape index (κ3) is 6.90. The predicted molar refractivity (Wildman–Crippen MR) is 162 cm³/mol. The standard InChI is InChI=1S/C35H47NO5/c1-3-4-5-6-7-8-9-10-15-40-31-14-12-27(34(38)41-32-20-28(33(37)39-2)11-13-30(32)36)19-29(31)35-21-24-16-25(22-35)18-26(17-24)23-35/h11-14,19-20,24-26H,3-10,15-18,21-23,36H2,1-2H3. The van der Waals surface area contributed by atoms with Crippen LogP contribution in [0.15, 0.2) is 36.4 Å². The van der Waals surface area contributed by atoms with Gasteiger partial charge in [0.2, 0.25) is 0 Å². The quantitative estimate of drug-likeness (QED) is 0.108. The van der Waals surface area contributed by atoms with Crippen LogP contribution in [0.1, 0.15) is 123 Å². The van der Waals surface area contributed by atoms with Crippen molar-refractivity contribution >= 4 is 17.6 Å². The molecule has 6 rings (SSSR count). The number of nitrogens with two attached hydrogens (primary N) is 1. The van der Waals surface area contributed by atoms with Crippen molar-refractivity contribution in [2.45, 2.75) is 102 Å². The fraction of sp³-hybridized carbons (Fsp3) is 0.600. The summed E-state index contributed by atoms with van der Waals surface area (Å²) < 4.78 is 17.0. The van der Waals surface area contributed by atoms with Crippen molar-refractivity contribution in [2.24, 2.45) is 17.8 Å². The van der Waals surface area contributed by atoms with E-state index in [-0.39, 0.29) is 22.4 Å². The van der Waals surface area contributed by atoms with Crippen molar-refractivity contribution in [2.75, 3.05) is 19.5 Å². The number of benzene rings is 2. The molecule has 41 heavy (non-hydrogen) atoms. The first-order chi connectivity index (χ1) is 19.9. The molecular weight excluding hydrogens is 514 g/mol. The monoisotopic (exact) mass is 561 g/mol. The lowest BCUT2D eigenvalue weighted by atomic mass is 9.48. The maximum atomic E-state index is 13.4. The fourth-order valence-corrected chi connectivity index (χ4v) is 8.08. The topological polar surface area (TPSA) is 87.8 Å². The number of hydrogen-bond donors (Lipinski definition) is 1. The number of hydrogen-bond acceptors (Lipinski definition) is 6. The summed E-state index contributed by atoms with van der Waals surface area (Å²) in [5.41, 5.74) is 8.39. The number of carbonyl (C=O) groups is 2. The summed E-state index contributed by atoms with van der Waals surface area (Å²) in [6.07, 6.45) is 17.7. The number of rotatable bonds is 14. The number of unbranched alkanes of at least 4 members (excludes halogenated alkanes) is 7. The second-order valence-electron chi connectivity index (χ2n) is 12.9. The molecule has 0 amide bonds. The second kappa shape index (κ2) is 13.3. The lowest BCUT2D eigenvalue weighted by Gasteiger charge is -2.57. The summed E-state index contributed by atoms with van der Waals surface area (Å²) in [5.74, 6) is 2.42. The Bertz CT molecular complexity index is 1190. The van der Waals surface area contributed by atoms with Gasteiger partial charge < -0.3 is 19.9 Å². The average molecular weight is 562 g/mol. The summed E-state index contributed by atoms with van der Waals surface area (Å²) >= 11 is 0. The van der Waals surface area contributed by atoms with Crippen LogP contribution in [0.2, 0.25) is 0 Å². The van der Waals surface area contributed by atoms with Crippen LogP contribution in [0.3, 0.4) is 0 Å². The lowest BCUT2D eigenvalue weighted by molar-refractivity contribution is -0.00643. The van der Waals surface area contributed by atoms with E-state index < -0.39 is 11.9 Å². The molecule has 222 valence electrons. The molecule has 0 aromatic heterocycles. The molecule has 0 heterocycles. The van der Waals surface area contributed by atoms with E-state index in [1.54, 1.807) is 18.2 Å². The molecule has 0 unspecified atom stereocenters. The molecule has 2 aromatic carbocycles. The van der Waals surface area contributed by atoms with Crippen molar-refractivity contribution in [3.8, 4) is 11.5 Å². The van der Waals surface area contributed by atoms with Gasteiger partial charge in [-0.2, -0.15) is 0 Å². The van der Waals surface area contributed by atoms with E-state index in [4.69, 9.17) is 19.9 Å². The molecule has 0 spiro atoms. The first-order valence-corrected chi connectivity index (χ1v) is 15.9. The first-order valence-electron chi connectivity index (χ1n) is 15.9. The van der Waals surface area contributed by atoms with Crippen LogP contribution in [-0.2, 0) is 10.2 Å². The highest BCUT2D eigenvalue weighted by atomic mass is 16.5. The van der Waals surface area contributed by atoms with E-state index in [9.17, 15) is 9.59 Å². The number of methoxy groups -OCH3 is 1. The Kier molecular flexibility index (Phi) is 9.57. The zero-order valence-electron chi connectivity index (χ0n) is 24.9. The van der Waals surface area contributed by atoms with Gasteiger partial charge in [0.05, 0.1) is 30.5 Å². The molecule has 4 fully saturated rings. The molecule has 4 saturated carbocycles. The van der Waals surface area contributed by atoms with Crippen LogP contribution in [0.25, 0.3) is 0 Å². The van der Waals surface area contributed by atoms with E-state index in [0.29, 0.717) is 12.2 Å². The third-order valence-corrected chi connectivity index (χ3v) is 9.72. The summed E-state index contributed by atoms with van der Waals surface area (Å²) in [7, 11) is 1.31. The zero-order valence-corrected chi connectivity index (χ0v) is 24.9. The van der Waals surface area contributed by atoms with Crippen LogP contribution in [0.5, 0.6) is 11.5 Å². The number of carbonyl (C=O) groups excluding carboxylic acids is 2. The highest BCUT2D eigenvalue weighted by Gasteiger charge is 2.52. The smallest absolute Gasteiger partial charge is 0.343 e. The van der Waals surface area contributed by atoms with Gasteiger partial charge >= 0.3 is 11.9 Å². The Morgan fingerprint density at radius 2 is 1.37 bits per heavy atom. The van der Waals surface area contributed by atoms with Gasteiger partial charge in [-0.05, 0) is 105 Å². The van der Waals surface area contributed by atoms with Gasteiger partial charge in [0.25, 0.3) is 0 Å². The molecule has 0 aliphatic heterocycles. The fourth-order valence-electron chi connectivity index (χ4n) is 8.08. The van der Waals surface area contributed by atoms with Crippen molar-refractivity contribution in [1.29, 1.82) is 0 Å². The summed E-state index contributed by atoms with van der Waals surface area (Å²) in [6, 6.07) is 10.4. The Morgan fingerprint density at radius 3 is 2.00 bits per heavy atom. The molecule has 4 aliphatic carbocycles. The van der Waals surface area contributed by atoms with Gasteiger partial charge in [-0.15, -0.1) is 0 Å². The van der Waals surface area contributed by atoms with E-state index >= 15 is 0 Å². The Hall–Kier alpha value is -3.02. The molecule has 2 aromatic rings. The summed E-state index contributed by atoms with van der Waals surface area (Å²) in [4.78, 5) is 25.4. The zero-order chi connectivity index (χ0) is 28.8. The van der Waals surface area contributed by atoms with Gasteiger partial charge in [0.1, 0.15) is 5.75 Å². The Balaban J connectivity index is 1.32. The van der Waals surface area contributed by atoms with Gasteiger partial charge in [0.15, 0.2) is 5.75 Å². The number of anilines is 1. The molecule has 6 heteroatoms. The van der Waals surface area contributed by atoms with Gasteiger partial charge in [-0.1, -0.05) is 51.9 Å². The molecule has 4 bridgehead atoms. The number of ether oxygens (including phenoxy) is 3. The van der Waals surface area contributed by atoms with E-state index in [0.717, 1.165) is 29.9 Å². The summed E-state index contributed by atoms with van der Waals surface area (Å²) in [5, 5.41) is 0. The SMILES string of the molecule is CCCCCCCCCCOc1ccc(C(=O)Oc2cc(C(=O)OC)ccc2N)cc1C12CC3CC(CC(C3)C1)C2. The number of nitrogen functional groups attached to an aromatic ring is 1. The van der Waals surface area contributed by atoms with Gasteiger partial charge in [0, 0.05) is 5.56 Å². The van der Waals surface area contributed by atoms with Crippen LogP contribution in [-0.4, -0.2) is 25.7 Å². The van der Waals surface area contributed by atoms with Crippen molar-refractivity contribution in [1.82, 2.24) is 0 Å². The molecular formula is C35H47NO5. The molecule has 0 saturated heterocycles. The Morgan fingerprint density at radius 1 is 0.780 bits per heavy atom. The maximum absolute atomic E-state index is 13.4. The van der Waals surface area contributed by atoms with Crippen molar-refractivity contribution < 1.29 is 23.8 Å². The molecule has 4 aliphatic rings. The van der Waals surface area contributed by atoms with E-state index in [2.05, 4.69) is 6.92 Å².